The SMILES string of the molecule is Cc1cc(F)ccc1CC(C)CC(C)O. The number of aliphatic hydroxyl groups excluding tert-OH is 1. The molecular formula is C13H19FO. The van der Waals surface area contributed by atoms with Crippen molar-refractivity contribution >= 4 is 0 Å². The Kier molecular flexibility index (Phi) is 4.28. The lowest BCUT2D eigenvalue weighted by atomic mass is 9.93. The first-order valence-electron chi connectivity index (χ1n) is 5.42. The number of benzene rings is 1. The summed E-state index contributed by atoms with van der Waals surface area (Å²) in [5.41, 5.74) is 2.16. The third-order valence-electron chi connectivity index (χ3n) is 2.62. The van der Waals surface area contributed by atoms with Crippen LogP contribution in [-0.2, 0) is 6.42 Å². The smallest absolute Gasteiger partial charge is 0.123 e. The topological polar surface area (TPSA) is 20.2 Å². The van der Waals surface area contributed by atoms with Crippen molar-refractivity contribution in [2.24, 2.45) is 5.92 Å². The summed E-state index contributed by atoms with van der Waals surface area (Å²) in [6.07, 6.45) is 1.43. The number of hydrogen-bond acceptors (Lipinski definition) is 1. The molecule has 0 saturated carbocycles. The third kappa shape index (κ3) is 4.00. The minimum Gasteiger partial charge on any atom is -0.393 e. The van der Waals surface area contributed by atoms with E-state index in [0.29, 0.717) is 5.92 Å². The van der Waals surface area contributed by atoms with Gasteiger partial charge in [-0.3, -0.25) is 0 Å². The molecule has 0 fully saturated rings. The Balaban J connectivity index is 2.64. The molecule has 0 radical (unpaired) electrons. The van der Waals surface area contributed by atoms with Crippen LogP contribution in [0.2, 0.25) is 0 Å². The van der Waals surface area contributed by atoms with Crippen molar-refractivity contribution in [3.63, 3.8) is 0 Å². The summed E-state index contributed by atoms with van der Waals surface area (Å²) < 4.78 is 12.9. The highest BCUT2D eigenvalue weighted by atomic mass is 19.1. The third-order valence-corrected chi connectivity index (χ3v) is 2.62. The highest BCUT2D eigenvalue weighted by molar-refractivity contribution is 5.26. The second kappa shape index (κ2) is 5.26. The molecule has 1 rings (SSSR count). The van der Waals surface area contributed by atoms with E-state index in [2.05, 4.69) is 6.92 Å². The van der Waals surface area contributed by atoms with Crippen LogP contribution in [-0.4, -0.2) is 11.2 Å². The van der Waals surface area contributed by atoms with Crippen LogP contribution in [0.1, 0.15) is 31.4 Å². The first kappa shape index (κ1) is 12.2. The fourth-order valence-electron chi connectivity index (χ4n) is 1.93. The lowest BCUT2D eigenvalue weighted by Crippen LogP contribution is -2.10. The molecule has 84 valence electrons. The first-order chi connectivity index (χ1) is 6.99. The first-order valence-corrected chi connectivity index (χ1v) is 5.42. The zero-order valence-corrected chi connectivity index (χ0v) is 9.63. The van der Waals surface area contributed by atoms with Crippen molar-refractivity contribution in [3.8, 4) is 0 Å². The summed E-state index contributed by atoms with van der Waals surface area (Å²) in [4.78, 5) is 0. The molecule has 1 aromatic rings. The second-order valence-corrected chi connectivity index (χ2v) is 4.46. The molecule has 1 nitrogen and oxygen atoms in total. The number of halogens is 1. The van der Waals surface area contributed by atoms with Crippen molar-refractivity contribution in [2.75, 3.05) is 0 Å². The molecule has 0 amide bonds. The second-order valence-electron chi connectivity index (χ2n) is 4.46. The summed E-state index contributed by atoms with van der Waals surface area (Å²) >= 11 is 0. The van der Waals surface area contributed by atoms with E-state index >= 15 is 0 Å². The van der Waals surface area contributed by atoms with Gasteiger partial charge in [0, 0.05) is 0 Å². The minimum absolute atomic E-state index is 0.181. The lowest BCUT2D eigenvalue weighted by molar-refractivity contribution is 0.164. The summed E-state index contributed by atoms with van der Waals surface area (Å²) in [6, 6.07) is 4.89. The van der Waals surface area contributed by atoms with Gasteiger partial charge in [0.05, 0.1) is 6.10 Å². The Morgan fingerprint density at radius 3 is 2.53 bits per heavy atom. The van der Waals surface area contributed by atoms with E-state index < -0.39 is 0 Å². The number of hydrogen-bond donors (Lipinski definition) is 1. The summed E-state index contributed by atoms with van der Waals surface area (Å²) in [7, 11) is 0. The summed E-state index contributed by atoms with van der Waals surface area (Å²) in [5, 5.41) is 9.25. The highest BCUT2D eigenvalue weighted by Crippen LogP contribution is 2.17. The van der Waals surface area contributed by atoms with Crippen LogP contribution in [0.4, 0.5) is 4.39 Å². The van der Waals surface area contributed by atoms with Crippen LogP contribution in [0.3, 0.4) is 0 Å². The van der Waals surface area contributed by atoms with Gasteiger partial charge >= 0.3 is 0 Å². The molecule has 0 aliphatic rings. The van der Waals surface area contributed by atoms with Crippen LogP contribution in [0, 0.1) is 18.7 Å². The van der Waals surface area contributed by atoms with Crippen LogP contribution in [0.15, 0.2) is 18.2 Å². The zero-order valence-electron chi connectivity index (χ0n) is 9.63. The molecule has 2 unspecified atom stereocenters. The van der Waals surface area contributed by atoms with Crippen molar-refractivity contribution in [3.05, 3.63) is 35.1 Å². The van der Waals surface area contributed by atoms with Gasteiger partial charge in [0.25, 0.3) is 0 Å². The quantitative estimate of drug-likeness (QED) is 0.809. The number of rotatable bonds is 4. The lowest BCUT2D eigenvalue weighted by Gasteiger charge is -2.14. The predicted molar refractivity (Wildman–Crippen MR) is 60.3 cm³/mol. The van der Waals surface area contributed by atoms with E-state index in [4.69, 9.17) is 0 Å². The molecule has 1 N–H and O–H groups in total. The number of aryl methyl sites for hydroxylation is 1. The van der Waals surface area contributed by atoms with Crippen LogP contribution in [0.25, 0.3) is 0 Å². The minimum atomic E-state index is -0.263. The molecule has 0 spiro atoms. The normalized spacial score (nSPS) is 15.0. The Hall–Kier alpha value is -0.890. The van der Waals surface area contributed by atoms with Crippen molar-refractivity contribution in [1.29, 1.82) is 0 Å². The maximum atomic E-state index is 12.9. The van der Waals surface area contributed by atoms with E-state index in [-0.39, 0.29) is 11.9 Å². The van der Waals surface area contributed by atoms with E-state index in [9.17, 15) is 9.50 Å². The van der Waals surface area contributed by atoms with Gasteiger partial charge in [0.15, 0.2) is 0 Å². The molecule has 2 atom stereocenters. The van der Waals surface area contributed by atoms with Gasteiger partial charge in [0.1, 0.15) is 5.82 Å². The Labute approximate surface area is 90.9 Å². The molecule has 15 heavy (non-hydrogen) atoms. The van der Waals surface area contributed by atoms with Gasteiger partial charge < -0.3 is 5.11 Å². The fourth-order valence-corrected chi connectivity index (χ4v) is 1.93. The average molecular weight is 210 g/mol. The maximum Gasteiger partial charge on any atom is 0.123 e. The van der Waals surface area contributed by atoms with Gasteiger partial charge in [-0.2, -0.15) is 0 Å². The van der Waals surface area contributed by atoms with Gasteiger partial charge in [-0.05, 0) is 55.9 Å². The average Bonchev–Trinajstić information content (AvgIpc) is 2.08. The molecule has 0 aromatic heterocycles. The van der Waals surface area contributed by atoms with Gasteiger partial charge in [-0.15, -0.1) is 0 Å². The Morgan fingerprint density at radius 1 is 1.33 bits per heavy atom. The molecule has 0 aliphatic heterocycles. The standard InChI is InChI=1S/C13H19FO/c1-9(6-11(3)15)7-12-4-5-13(14)8-10(12)2/h4-5,8-9,11,15H,6-7H2,1-3H3. The molecule has 1 aromatic carbocycles. The van der Waals surface area contributed by atoms with E-state index in [1.54, 1.807) is 13.0 Å². The fraction of sp³-hybridized carbons (Fsp3) is 0.538. The van der Waals surface area contributed by atoms with Crippen LogP contribution in [0.5, 0.6) is 0 Å². The Morgan fingerprint density at radius 2 is 2.00 bits per heavy atom. The largest absolute Gasteiger partial charge is 0.393 e. The molecular weight excluding hydrogens is 191 g/mol. The molecule has 0 aliphatic carbocycles. The maximum absolute atomic E-state index is 12.9. The molecule has 0 bridgehead atoms. The molecule has 0 saturated heterocycles. The van der Waals surface area contributed by atoms with E-state index in [1.165, 1.54) is 11.6 Å². The number of aliphatic hydroxyl groups is 1. The van der Waals surface area contributed by atoms with Crippen LogP contribution < -0.4 is 0 Å². The predicted octanol–water partition coefficient (Wildman–Crippen LogP) is 3.08. The zero-order chi connectivity index (χ0) is 11.4. The van der Waals surface area contributed by atoms with Crippen molar-refractivity contribution in [1.82, 2.24) is 0 Å². The summed E-state index contributed by atoms with van der Waals surface area (Å²) in [5.74, 6) is 0.244. The molecule has 0 heterocycles. The summed E-state index contributed by atoms with van der Waals surface area (Å²) in [6.45, 7) is 5.83. The van der Waals surface area contributed by atoms with E-state index in [1.807, 2.05) is 13.0 Å². The van der Waals surface area contributed by atoms with Gasteiger partial charge in [-0.1, -0.05) is 13.0 Å². The Bertz CT molecular complexity index is 320. The van der Waals surface area contributed by atoms with E-state index in [0.717, 1.165) is 18.4 Å². The monoisotopic (exact) mass is 210 g/mol. The molecule has 2 heteroatoms. The highest BCUT2D eigenvalue weighted by Gasteiger charge is 2.09. The van der Waals surface area contributed by atoms with Gasteiger partial charge in [-0.25, -0.2) is 4.39 Å². The van der Waals surface area contributed by atoms with Crippen molar-refractivity contribution in [2.45, 2.75) is 39.7 Å². The van der Waals surface area contributed by atoms with Crippen LogP contribution >= 0.6 is 0 Å². The van der Waals surface area contributed by atoms with Gasteiger partial charge in [0.2, 0.25) is 0 Å². The van der Waals surface area contributed by atoms with Crippen molar-refractivity contribution < 1.29 is 9.50 Å².